The number of aliphatic hydroxyl groups excluding tert-OH is 4. The van der Waals surface area contributed by atoms with Crippen LogP contribution in [-0.2, 0) is 28.5 Å². The molecule has 0 amide bonds. The van der Waals surface area contributed by atoms with Crippen LogP contribution in [0.2, 0.25) is 0 Å². The van der Waals surface area contributed by atoms with Crippen molar-refractivity contribution in [2.75, 3.05) is 19.8 Å². The third-order valence-corrected chi connectivity index (χ3v) is 11.0. The molecule has 0 aromatic carbocycles. The van der Waals surface area contributed by atoms with Gasteiger partial charge in [0.1, 0.15) is 31.0 Å². The molecule has 1 aliphatic heterocycles. The van der Waals surface area contributed by atoms with Crippen LogP contribution in [0.25, 0.3) is 0 Å². The molecule has 4 N–H and O–H groups in total. The summed E-state index contributed by atoms with van der Waals surface area (Å²) in [7, 11) is 0. The lowest BCUT2D eigenvalue weighted by Gasteiger charge is -2.39. The highest BCUT2D eigenvalue weighted by molar-refractivity contribution is 5.70. The molecule has 0 spiro atoms. The Morgan fingerprint density at radius 3 is 1.24 bits per heavy atom. The number of unbranched alkanes of at least 4 members (excludes halogenated alkanes) is 28. The highest BCUT2D eigenvalue weighted by atomic mass is 16.7. The van der Waals surface area contributed by atoms with Crippen molar-refractivity contribution >= 4 is 11.9 Å². The molecule has 0 aromatic heterocycles. The molecule has 1 rings (SSSR count). The Bertz CT molecular complexity index is 871. The van der Waals surface area contributed by atoms with Gasteiger partial charge < -0.3 is 39.4 Å². The van der Waals surface area contributed by atoms with Crippen LogP contribution in [0.3, 0.4) is 0 Å². The number of ether oxygens (including phenoxy) is 4. The summed E-state index contributed by atoms with van der Waals surface area (Å²) >= 11 is 0. The summed E-state index contributed by atoms with van der Waals surface area (Å²) in [6.45, 7) is 3.46. The molecule has 10 heteroatoms. The summed E-state index contributed by atoms with van der Waals surface area (Å²) in [6, 6.07) is 0. The van der Waals surface area contributed by atoms with Crippen LogP contribution in [-0.4, -0.2) is 89.0 Å². The summed E-state index contributed by atoms with van der Waals surface area (Å²) < 4.78 is 22.2. The number of carbonyl (C=O) groups excluding carboxylic acids is 2. The molecule has 0 saturated carbocycles. The zero-order valence-corrected chi connectivity index (χ0v) is 35.5. The van der Waals surface area contributed by atoms with Crippen molar-refractivity contribution in [2.45, 2.75) is 256 Å². The minimum atomic E-state index is -1.59. The first-order chi connectivity index (χ1) is 26.8. The molecule has 1 heterocycles. The van der Waals surface area contributed by atoms with E-state index in [1.807, 2.05) is 0 Å². The molecule has 1 aliphatic rings. The van der Waals surface area contributed by atoms with Crippen molar-refractivity contribution in [2.24, 2.45) is 0 Å². The van der Waals surface area contributed by atoms with Crippen LogP contribution in [0, 0.1) is 0 Å². The molecule has 55 heavy (non-hydrogen) atoms. The van der Waals surface area contributed by atoms with Gasteiger partial charge in [-0.2, -0.15) is 0 Å². The second-order valence-corrected chi connectivity index (χ2v) is 16.2. The van der Waals surface area contributed by atoms with E-state index in [9.17, 15) is 30.0 Å². The monoisotopic (exact) mass is 787 g/mol. The van der Waals surface area contributed by atoms with Crippen LogP contribution in [0.4, 0.5) is 0 Å². The van der Waals surface area contributed by atoms with E-state index in [0.29, 0.717) is 6.42 Å². The van der Waals surface area contributed by atoms with E-state index in [2.05, 4.69) is 13.8 Å². The Labute approximate surface area is 336 Å². The van der Waals surface area contributed by atoms with Gasteiger partial charge in [-0.25, -0.2) is 0 Å². The van der Waals surface area contributed by atoms with Crippen molar-refractivity contribution in [3.05, 3.63) is 0 Å². The van der Waals surface area contributed by atoms with Gasteiger partial charge in [-0.3, -0.25) is 9.59 Å². The van der Waals surface area contributed by atoms with Gasteiger partial charge in [0.2, 0.25) is 0 Å². The molecule has 6 unspecified atom stereocenters. The van der Waals surface area contributed by atoms with Crippen molar-refractivity contribution in [1.29, 1.82) is 0 Å². The van der Waals surface area contributed by atoms with E-state index in [0.717, 1.165) is 38.5 Å². The molecule has 0 aliphatic carbocycles. The molecular weight excluding hydrogens is 700 g/mol. The van der Waals surface area contributed by atoms with Crippen LogP contribution in [0.5, 0.6) is 0 Å². The summed E-state index contributed by atoms with van der Waals surface area (Å²) in [5.41, 5.74) is 0. The lowest BCUT2D eigenvalue weighted by molar-refractivity contribution is -0.305. The zero-order valence-electron chi connectivity index (χ0n) is 35.5. The van der Waals surface area contributed by atoms with E-state index in [1.165, 1.54) is 148 Å². The maximum Gasteiger partial charge on any atom is 0.306 e. The van der Waals surface area contributed by atoms with Gasteiger partial charge in [0.15, 0.2) is 12.4 Å². The molecule has 326 valence electrons. The third-order valence-electron chi connectivity index (χ3n) is 11.0. The van der Waals surface area contributed by atoms with E-state index in [4.69, 9.17) is 18.9 Å². The average molecular weight is 787 g/mol. The van der Waals surface area contributed by atoms with E-state index >= 15 is 0 Å². The van der Waals surface area contributed by atoms with E-state index < -0.39 is 49.4 Å². The predicted octanol–water partition coefficient (Wildman–Crippen LogP) is 9.78. The maximum atomic E-state index is 12.8. The molecular formula is C45H86O10. The molecule has 0 radical (unpaired) electrons. The van der Waals surface area contributed by atoms with Gasteiger partial charge in [-0.05, 0) is 12.8 Å². The maximum absolute atomic E-state index is 12.8. The van der Waals surface area contributed by atoms with Crippen molar-refractivity contribution in [1.82, 2.24) is 0 Å². The fourth-order valence-electron chi connectivity index (χ4n) is 7.31. The lowest BCUT2D eigenvalue weighted by atomic mass is 9.99. The SMILES string of the molecule is CCCCCCCCCCCCCCCCCCC(=O)OC(COC(=O)CCCCCCCCCCCCCCCC)COC1OC(CO)C(O)C(O)C1O. The molecule has 1 saturated heterocycles. The number of rotatable bonds is 39. The summed E-state index contributed by atoms with van der Waals surface area (Å²) in [4.78, 5) is 25.3. The normalized spacial score (nSPS) is 20.4. The topological polar surface area (TPSA) is 152 Å². The Kier molecular flexibility index (Phi) is 34.8. The van der Waals surface area contributed by atoms with E-state index in [1.54, 1.807) is 0 Å². The van der Waals surface area contributed by atoms with Gasteiger partial charge in [-0.15, -0.1) is 0 Å². The fourth-order valence-corrected chi connectivity index (χ4v) is 7.31. The quantitative estimate of drug-likeness (QED) is 0.0350. The average Bonchev–Trinajstić information content (AvgIpc) is 3.18. The molecule has 1 fully saturated rings. The van der Waals surface area contributed by atoms with Crippen molar-refractivity contribution < 1.29 is 49.0 Å². The standard InChI is InChI=1S/C45H86O10/c1-3-5-7-9-11-13-15-17-19-20-22-24-26-28-30-32-34-41(48)54-38(37-53-45-44(51)43(50)42(49)39(35-46)55-45)36-52-40(47)33-31-29-27-25-23-21-18-16-14-12-10-8-6-4-2/h38-39,42-46,49-51H,3-37H2,1-2H3. The molecule has 6 atom stereocenters. The van der Waals surface area contributed by atoms with Gasteiger partial charge in [0.25, 0.3) is 0 Å². The van der Waals surface area contributed by atoms with Gasteiger partial charge in [0.05, 0.1) is 13.2 Å². The largest absolute Gasteiger partial charge is 0.462 e. The van der Waals surface area contributed by atoms with Crippen molar-refractivity contribution in [3.8, 4) is 0 Å². The van der Waals surface area contributed by atoms with E-state index in [-0.39, 0.29) is 32.0 Å². The first kappa shape index (κ1) is 51.7. The third kappa shape index (κ3) is 28.7. The van der Waals surface area contributed by atoms with Crippen LogP contribution in [0.1, 0.15) is 219 Å². The Morgan fingerprint density at radius 1 is 0.491 bits per heavy atom. The van der Waals surface area contributed by atoms with Crippen LogP contribution in [0.15, 0.2) is 0 Å². The Hall–Kier alpha value is -1.30. The minimum absolute atomic E-state index is 0.209. The second-order valence-electron chi connectivity index (χ2n) is 16.2. The predicted molar refractivity (Wildman–Crippen MR) is 220 cm³/mol. The number of aliphatic hydroxyl groups is 4. The first-order valence-corrected chi connectivity index (χ1v) is 23.1. The fraction of sp³-hybridized carbons (Fsp3) is 0.956. The number of esters is 2. The number of carbonyl (C=O) groups is 2. The highest BCUT2D eigenvalue weighted by Gasteiger charge is 2.44. The van der Waals surface area contributed by atoms with Crippen molar-refractivity contribution in [3.63, 3.8) is 0 Å². The number of hydrogen-bond donors (Lipinski definition) is 4. The Morgan fingerprint density at radius 2 is 0.855 bits per heavy atom. The van der Waals surface area contributed by atoms with Crippen LogP contribution < -0.4 is 0 Å². The highest BCUT2D eigenvalue weighted by Crippen LogP contribution is 2.23. The second kappa shape index (κ2) is 37.0. The smallest absolute Gasteiger partial charge is 0.306 e. The Balaban J connectivity index is 2.30. The number of hydrogen-bond acceptors (Lipinski definition) is 10. The summed E-state index contributed by atoms with van der Waals surface area (Å²) in [5, 5.41) is 40.1. The van der Waals surface area contributed by atoms with Gasteiger partial charge in [0, 0.05) is 12.8 Å². The minimum Gasteiger partial charge on any atom is -0.462 e. The first-order valence-electron chi connectivity index (χ1n) is 23.1. The lowest BCUT2D eigenvalue weighted by Crippen LogP contribution is -2.59. The summed E-state index contributed by atoms with van der Waals surface area (Å²) in [5.74, 6) is -0.790. The molecule has 0 aromatic rings. The molecule has 10 nitrogen and oxygen atoms in total. The molecule has 0 bridgehead atoms. The van der Waals surface area contributed by atoms with Crippen LogP contribution >= 0.6 is 0 Å². The van der Waals surface area contributed by atoms with Gasteiger partial charge >= 0.3 is 11.9 Å². The summed E-state index contributed by atoms with van der Waals surface area (Å²) in [6.07, 6.45) is 29.6. The zero-order chi connectivity index (χ0) is 40.2. The van der Waals surface area contributed by atoms with Gasteiger partial charge in [-0.1, -0.05) is 194 Å².